The maximum Gasteiger partial charge on any atom is 0.269 e. The summed E-state index contributed by atoms with van der Waals surface area (Å²) in [7, 11) is -3.93. The molecule has 0 aromatic heterocycles. The molecule has 0 heterocycles. The molecule has 2 aromatic carbocycles. The second-order valence-corrected chi connectivity index (χ2v) is 8.36. The van der Waals surface area contributed by atoms with Gasteiger partial charge in [-0.3, -0.25) is 25.2 Å². The summed E-state index contributed by atoms with van der Waals surface area (Å²) < 4.78 is 27.3. The van der Waals surface area contributed by atoms with Gasteiger partial charge in [-0.15, -0.1) is 0 Å². The van der Waals surface area contributed by atoms with Crippen LogP contribution in [0.4, 0.5) is 5.69 Å². The average Bonchev–Trinajstić information content (AvgIpc) is 2.61. The van der Waals surface area contributed by atoms with E-state index in [1.54, 1.807) is 13.8 Å². The zero-order chi connectivity index (χ0) is 20.2. The molecule has 0 spiro atoms. The molecule has 0 aliphatic rings. The summed E-state index contributed by atoms with van der Waals surface area (Å²) in [6.07, 6.45) is 0. The zero-order valence-corrected chi connectivity index (χ0v) is 16.7. The molecule has 0 atom stereocenters. The molecule has 2 amide bonds. The highest BCUT2D eigenvalue weighted by Gasteiger charge is 2.17. The molecule has 7 nitrogen and oxygen atoms in total. The fraction of sp³-hybridized carbons (Fsp3) is 0.176. The van der Waals surface area contributed by atoms with E-state index in [4.69, 9.17) is 23.2 Å². The highest BCUT2D eigenvalue weighted by Crippen LogP contribution is 2.26. The molecule has 0 fully saturated rings. The molecule has 0 bridgehead atoms. The van der Waals surface area contributed by atoms with Gasteiger partial charge in [0.2, 0.25) is 5.91 Å². The SMILES string of the molecule is CC(C)C(=O)NNC(=O)c1cccc(NS(=O)(=O)c2ccc(Cl)c(Cl)c2)c1. The van der Waals surface area contributed by atoms with Crippen molar-refractivity contribution < 1.29 is 18.0 Å². The minimum atomic E-state index is -3.93. The molecule has 10 heteroatoms. The van der Waals surface area contributed by atoms with Gasteiger partial charge in [0.05, 0.1) is 14.9 Å². The van der Waals surface area contributed by atoms with Crippen molar-refractivity contribution >= 4 is 50.7 Å². The molecular formula is C17H17Cl2N3O4S. The molecular weight excluding hydrogens is 413 g/mol. The van der Waals surface area contributed by atoms with Gasteiger partial charge in [-0.25, -0.2) is 8.42 Å². The lowest BCUT2D eigenvalue weighted by Gasteiger charge is -2.11. The Hall–Kier alpha value is -2.29. The first kappa shape index (κ1) is 21.0. The molecule has 0 aliphatic heterocycles. The van der Waals surface area contributed by atoms with Crippen molar-refractivity contribution in [2.24, 2.45) is 5.92 Å². The summed E-state index contributed by atoms with van der Waals surface area (Å²) in [4.78, 5) is 23.5. The van der Waals surface area contributed by atoms with E-state index in [9.17, 15) is 18.0 Å². The van der Waals surface area contributed by atoms with Gasteiger partial charge in [0.25, 0.3) is 15.9 Å². The Bertz CT molecular complexity index is 978. The standard InChI is InChI=1S/C17H17Cl2N3O4S/c1-10(2)16(23)20-21-17(24)11-4-3-5-12(8-11)22-27(25,26)13-6-7-14(18)15(19)9-13/h3-10,22H,1-2H3,(H,20,23)(H,21,24). The van der Waals surface area contributed by atoms with Crippen LogP contribution in [0.2, 0.25) is 10.0 Å². The molecule has 0 saturated carbocycles. The number of benzene rings is 2. The summed E-state index contributed by atoms with van der Waals surface area (Å²) in [5.74, 6) is -1.23. The number of rotatable bonds is 5. The summed E-state index contributed by atoms with van der Waals surface area (Å²) in [5, 5.41) is 0.339. The van der Waals surface area contributed by atoms with Crippen LogP contribution in [0.3, 0.4) is 0 Å². The Morgan fingerprint density at radius 1 is 0.963 bits per heavy atom. The number of amides is 2. The molecule has 3 N–H and O–H groups in total. The van der Waals surface area contributed by atoms with Crippen molar-refractivity contribution in [1.82, 2.24) is 10.9 Å². The van der Waals surface area contributed by atoms with Gasteiger partial charge in [-0.1, -0.05) is 43.1 Å². The topological polar surface area (TPSA) is 104 Å². The van der Waals surface area contributed by atoms with Crippen LogP contribution < -0.4 is 15.6 Å². The number of carbonyl (C=O) groups is 2. The first-order chi connectivity index (χ1) is 12.6. The number of hydrazine groups is 1. The second kappa shape index (κ2) is 8.60. The lowest BCUT2D eigenvalue weighted by atomic mass is 10.2. The van der Waals surface area contributed by atoms with Crippen LogP contribution in [0.25, 0.3) is 0 Å². The highest BCUT2D eigenvalue weighted by atomic mass is 35.5. The van der Waals surface area contributed by atoms with Crippen molar-refractivity contribution in [1.29, 1.82) is 0 Å². The number of carbonyl (C=O) groups excluding carboxylic acids is 2. The first-order valence-corrected chi connectivity index (χ1v) is 10.0. The quantitative estimate of drug-likeness (QED) is 0.634. The third-order valence-electron chi connectivity index (χ3n) is 3.40. The summed E-state index contributed by atoms with van der Waals surface area (Å²) in [5.41, 5.74) is 4.88. The van der Waals surface area contributed by atoms with E-state index in [0.717, 1.165) is 0 Å². The van der Waals surface area contributed by atoms with Crippen LogP contribution >= 0.6 is 23.2 Å². The lowest BCUT2D eigenvalue weighted by molar-refractivity contribution is -0.124. The van der Waals surface area contributed by atoms with E-state index in [1.807, 2.05) is 0 Å². The number of hydrogen-bond acceptors (Lipinski definition) is 4. The van der Waals surface area contributed by atoms with Crippen LogP contribution in [0.15, 0.2) is 47.4 Å². The maximum atomic E-state index is 12.5. The highest BCUT2D eigenvalue weighted by molar-refractivity contribution is 7.92. The Morgan fingerprint density at radius 3 is 2.30 bits per heavy atom. The number of anilines is 1. The number of hydrogen-bond donors (Lipinski definition) is 3. The monoisotopic (exact) mass is 429 g/mol. The number of nitrogens with one attached hydrogen (secondary N) is 3. The van der Waals surface area contributed by atoms with Crippen molar-refractivity contribution in [3.63, 3.8) is 0 Å². The number of sulfonamides is 1. The fourth-order valence-electron chi connectivity index (χ4n) is 1.92. The summed E-state index contributed by atoms with van der Waals surface area (Å²) >= 11 is 11.7. The van der Waals surface area contributed by atoms with Crippen LogP contribution in [-0.4, -0.2) is 20.2 Å². The van der Waals surface area contributed by atoms with Crippen LogP contribution in [-0.2, 0) is 14.8 Å². The van der Waals surface area contributed by atoms with Gasteiger partial charge in [0.15, 0.2) is 0 Å². The van der Waals surface area contributed by atoms with E-state index < -0.39 is 15.9 Å². The van der Waals surface area contributed by atoms with Gasteiger partial charge >= 0.3 is 0 Å². The van der Waals surface area contributed by atoms with E-state index in [2.05, 4.69) is 15.6 Å². The van der Waals surface area contributed by atoms with Gasteiger partial charge < -0.3 is 0 Å². The fourth-order valence-corrected chi connectivity index (χ4v) is 3.35. The smallest absolute Gasteiger partial charge is 0.269 e. The van der Waals surface area contributed by atoms with E-state index in [0.29, 0.717) is 0 Å². The molecule has 0 saturated heterocycles. The van der Waals surface area contributed by atoms with Crippen LogP contribution in [0.1, 0.15) is 24.2 Å². The van der Waals surface area contributed by atoms with E-state index in [-0.39, 0.29) is 38.0 Å². The Labute approximate surface area is 167 Å². The predicted octanol–water partition coefficient (Wildman–Crippen LogP) is 3.21. The predicted molar refractivity (Wildman–Crippen MR) is 104 cm³/mol. The minimum absolute atomic E-state index is 0.0732. The molecule has 0 aliphatic carbocycles. The molecule has 0 radical (unpaired) electrons. The van der Waals surface area contributed by atoms with E-state index in [1.165, 1.54) is 42.5 Å². The van der Waals surface area contributed by atoms with Gasteiger partial charge in [-0.05, 0) is 36.4 Å². The van der Waals surface area contributed by atoms with Gasteiger partial charge in [0, 0.05) is 17.2 Å². The Morgan fingerprint density at radius 2 is 1.67 bits per heavy atom. The normalized spacial score (nSPS) is 11.1. The van der Waals surface area contributed by atoms with Crippen LogP contribution in [0.5, 0.6) is 0 Å². The van der Waals surface area contributed by atoms with Crippen molar-refractivity contribution in [2.75, 3.05) is 4.72 Å². The van der Waals surface area contributed by atoms with E-state index >= 15 is 0 Å². The van der Waals surface area contributed by atoms with Crippen molar-refractivity contribution in [3.8, 4) is 0 Å². The Kier molecular flexibility index (Phi) is 6.69. The van der Waals surface area contributed by atoms with Crippen molar-refractivity contribution in [3.05, 3.63) is 58.1 Å². The molecule has 27 heavy (non-hydrogen) atoms. The largest absolute Gasteiger partial charge is 0.280 e. The summed E-state index contributed by atoms with van der Waals surface area (Å²) in [6, 6.07) is 9.72. The first-order valence-electron chi connectivity index (χ1n) is 7.78. The van der Waals surface area contributed by atoms with Crippen LogP contribution in [0, 0.1) is 5.92 Å². The maximum absolute atomic E-state index is 12.5. The second-order valence-electron chi connectivity index (χ2n) is 5.86. The molecule has 144 valence electrons. The average molecular weight is 430 g/mol. The lowest BCUT2D eigenvalue weighted by Crippen LogP contribution is -2.43. The van der Waals surface area contributed by atoms with Crippen molar-refractivity contribution in [2.45, 2.75) is 18.7 Å². The van der Waals surface area contributed by atoms with Gasteiger partial charge in [-0.2, -0.15) is 0 Å². The third-order valence-corrected chi connectivity index (χ3v) is 5.52. The zero-order valence-electron chi connectivity index (χ0n) is 14.4. The molecule has 2 aromatic rings. The van der Waals surface area contributed by atoms with Gasteiger partial charge in [0.1, 0.15) is 0 Å². The third kappa shape index (κ3) is 5.59. The molecule has 2 rings (SSSR count). The number of halogens is 2. The summed E-state index contributed by atoms with van der Waals surface area (Å²) in [6.45, 7) is 3.36. The molecule has 0 unspecified atom stereocenters. The Balaban J connectivity index is 2.16. The minimum Gasteiger partial charge on any atom is -0.280 e.